The number of nitrogens with zero attached hydrogens (tertiary/aromatic N) is 1. The maximum Gasteiger partial charge on any atom is 0.0992 e. The van der Waals surface area contributed by atoms with Gasteiger partial charge < -0.3 is 10.6 Å². The number of nitriles is 1. The van der Waals surface area contributed by atoms with E-state index < -0.39 is 0 Å². The fourth-order valence-corrected chi connectivity index (χ4v) is 2.36. The van der Waals surface area contributed by atoms with Crippen molar-refractivity contribution in [1.82, 2.24) is 5.32 Å². The van der Waals surface area contributed by atoms with E-state index in [0.29, 0.717) is 16.6 Å². The highest BCUT2D eigenvalue weighted by Crippen LogP contribution is 2.22. The predicted octanol–water partition coefficient (Wildman–Crippen LogP) is 2.77. The molecule has 1 atom stereocenters. The molecule has 0 bridgehead atoms. The van der Waals surface area contributed by atoms with Gasteiger partial charge in [0.2, 0.25) is 0 Å². The van der Waals surface area contributed by atoms with E-state index in [4.69, 9.17) is 16.9 Å². The Balaban J connectivity index is 1.84. The third kappa shape index (κ3) is 3.36. The van der Waals surface area contributed by atoms with Gasteiger partial charge in [-0.15, -0.1) is 0 Å². The average Bonchev–Trinajstić information content (AvgIpc) is 2.84. The van der Waals surface area contributed by atoms with Crippen LogP contribution < -0.4 is 10.6 Å². The summed E-state index contributed by atoms with van der Waals surface area (Å²) in [4.78, 5) is 0. The summed E-state index contributed by atoms with van der Waals surface area (Å²) in [6, 6.07) is 8.05. The van der Waals surface area contributed by atoms with Crippen molar-refractivity contribution in [2.45, 2.75) is 25.3 Å². The van der Waals surface area contributed by atoms with Gasteiger partial charge in [0.05, 0.1) is 22.3 Å². The van der Waals surface area contributed by atoms with Crippen molar-refractivity contribution in [1.29, 1.82) is 5.26 Å². The fraction of sp³-hybridized carbons (Fsp3) is 0.462. The normalized spacial score (nSPS) is 18.9. The molecular weight excluding hydrogens is 234 g/mol. The molecule has 2 rings (SSSR count). The minimum absolute atomic E-state index is 0.595. The van der Waals surface area contributed by atoms with Crippen molar-refractivity contribution in [2.75, 3.05) is 18.4 Å². The summed E-state index contributed by atoms with van der Waals surface area (Å²) in [5.41, 5.74) is 1.50. The van der Waals surface area contributed by atoms with Crippen LogP contribution in [0.1, 0.15) is 24.8 Å². The Morgan fingerprint density at radius 3 is 3.06 bits per heavy atom. The largest absolute Gasteiger partial charge is 0.384 e. The molecule has 1 aromatic rings. The first-order chi connectivity index (χ1) is 8.29. The highest BCUT2D eigenvalue weighted by Gasteiger charge is 2.13. The highest BCUT2D eigenvalue weighted by molar-refractivity contribution is 6.33. The van der Waals surface area contributed by atoms with Gasteiger partial charge >= 0.3 is 0 Å². The number of hydrogen-bond donors (Lipinski definition) is 2. The summed E-state index contributed by atoms with van der Waals surface area (Å²) in [7, 11) is 0. The standard InChI is InChI=1S/C13H16ClN3/c14-12-8-10(9-15)3-4-13(12)17-7-5-11-2-1-6-16-11/h3-4,8,11,16-17H,1-2,5-7H2. The molecule has 0 aliphatic carbocycles. The van der Waals surface area contributed by atoms with Crippen LogP contribution in [0.5, 0.6) is 0 Å². The Hall–Kier alpha value is -1.24. The van der Waals surface area contributed by atoms with Crippen LogP contribution in [0.3, 0.4) is 0 Å². The van der Waals surface area contributed by atoms with E-state index in [0.717, 1.165) is 25.2 Å². The first-order valence-corrected chi connectivity index (χ1v) is 6.34. The second-order valence-electron chi connectivity index (χ2n) is 4.32. The lowest BCUT2D eigenvalue weighted by Gasteiger charge is -2.12. The van der Waals surface area contributed by atoms with Gasteiger partial charge in [0, 0.05) is 12.6 Å². The second kappa shape index (κ2) is 5.90. The number of nitrogens with one attached hydrogen (secondary N) is 2. The molecule has 17 heavy (non-hydrogen) atoms. The lowest BCUT2D eigenvalue weighted by molar-refractivity contribution is 0.574. The molecular formula is C13H16ClN3. The third-order valence-electron chi connectivity index (χ3n) is 3.07. The summed E-state index contributed by atoms with van der Waals surface area (Å²) < 4.78 is 0. The van der Waals surface area contributed by atoms with E-state index in [9.17, 15) is 0 Å². The molecule has 1 fully saturated rings. The zero-order valence-electron chi connectivity index (χ0n) is 9.67. The molecule has 0 saturated carbocycles. The monoisotopic (exact) mass is 249 g/mol. The van der Waals surface area contributed by atoms with Crippen LogP contribution >= 0.6 is 11.6 Å². The van der Waals surface area contributed by atoms with E-state index in [1.807, 2.05) is 6.07 Å². The van der Waals surface area contributed by atoms with Crippen molar-refractivity contribution in [3.8, 4) is 6.07 Å². The minimum atomic E-state index is 0.595. The van der Waals surface area contributed by atoms with Gasteiger partial charge in [-0.2, -0.15) is 5.26 Å². The van der Waals surface area contributed by atoms with E-state index in [1.165, 1.54) is 12.8 Å². The van der Waals surface area contributed by atoms with E-state index >= 15 is 0 Å². The Labute approximate surface area is 107 Å². The van der Waals surface area contributed by atoms with Crippen LogP contribution in [0, 0.1) is 11.3 Å². The van der Waals surface area contributed by atoms with Crippen LogP contribution in [0.2, 0.25) is 5.02 Å². The molecule has 3 nitrogen and oxygen atoms in total. The molecule has 0 aromatic heterocycles. The first kappa shape index (κ1) is 12.2. The van der Waals surface area contributed by atoms with Gasteiger partial charge in [-0.05, 0) is 44.0 Å². The molecule has 0 amide bonds. The highest BCUT2D eigenvalue weighted by atomic mass is 35.5. The van der Waals surface area contributed by atoms with Gasteiger partial charge in [0.1, 0.15) is 0 Å². The van der Waals surface area contributed by atoms with E-state index in [2.05, 4.69) is 16.7 Å². The van der Waals surface area contributed by atoms with Gasteiger partial charge in [0.15, 0.2) is 0 Å². The number of rotatable bonds is 4. The van der Waals surface area contributed by atoms with Gasteiger partial charge in [-0.25, -0.2) is 0 Å². The fourth-order valence-electron chi connectivity index (χ4n) is 2.11. The third-order valence-corrected chi connectivity index (χ3v) is 3.38. The van der Waals surface area contributed by atoms with Crippen LogP contribution in [0.25, 0.3) is 0 Å². The number of hydrogen-bond acceptors (Lipinski definition) is 3. The zero-order valence-corrected chi connectivity index (χ0v) is 10.4. The molecule has 1 aliphatic heterocycles. The smallest absolute Gasteiger partial charge is 0.0992 e. The lowest BCUT2D eigenvalue weighted by atomic mass is 10.1. The second-order valence-corrected chi connectivity index (χ2v) is 4.72. The molecule has 2 N–H and O–H groups in total. The van der Waals surface area contributed by atoms with Crippen molar-refractivity contribution < 1.29 is 0 Å². The van der Waals surface area contributed by atoms with Crippen LogP contribution in [-0.2, 0) is 0 Å². The van der Waals surface area contributed by atoms with Crippen molar-refractivity contribution in [3.63, 3.8) is 0 Å². The average molecular weight is 250 g/mol. The maximum atomic E-state index is 8.74. The number of anilines is 1. The summed E-state index contributed by atoms with van der Waals surface area (Å²) in [6.07, 6.45) is 3.65. The molecule has 1 aromatic carbocycles. The van der Waals surface area contributed by atoms with Crippen LogP contribution in [0.4, 0.5) is 5.69 Å². The maximum absolute atomic E-state index is 8.74. The Morgan fingerprint density at radius 1 is 1.53 bits per heavy atom. The number of halogens is 1. The van der Waals surface area contributed by atoms with Gasteiger partial charge in [0.25, 0.3) is 0 Å². The summed E-state index contributed by atoms with van der Waals surface area (Å²) in [5.74, 6) is 0. The van der Waals surface area contributed by atoms with Gasteiger partial charge in [-0.1, -0.05) is 11.6 Å². The molecule has 1 unspecified atom stereocenters. The van der Waals surface area contributed by atoms with Crippen molar-refractivity contribution in [2.24, 2.45) is 0 Å². The Kier molecular flexibility index (Phi) is 4.24. The predicted molar refractivity (Wildman–Crippen MR) is 70.3 cm³/mol. The van der Waals surface area contributed by atoms with E-state index in [1.54, 1.807) is 12.1 Å². The van der Waals surface area contributed by atoms with Crippen LogP contribution in [0.15, 0.2) is 18.2 Å². The quantitative estimate of drug-likeness (QED) is 0.863. The molecule has 1 aliphatic rings. The Bertz CT molecular complexity index is 419. The zero-order chi connectivity index (χ0) is 12.1. The Morgan fingerprint density at radius 2 is 2.41 bits per heavy atom. The minimum Gasteiger partial charge on any atom is -0.384 e. The summed E-state index contributed by atoms with van der Waals surface area (Å²) in [5, 5.41) is 16.1. The topological polar surface area (TPSA) is 47.9 Å². The first-order valence-electron chi connectivity index (χ1n) is 5.96. The SMILES string of the molecule is N#Cc1ccc(NCCC2CCCN2)c(Cl)c1. The summed E-state index contributed by atoms with van der Waals surface area (Å²) >= 11 is 6.07. The van der Waals surface area contributed by atoms with Crippen molar-refractivity contribution >= 4 is 17.3 Å². The summed E-state index contributed by atoms with van der Waals surface area (Å²) in [6.45, 7) is 2.05. The van der Waals surface area contributed by atoms with Crippen molar-refractivity contribution in [3.05, 3.63) is 28.8 Å². The van der Waals surface area contributed by atoms with E-state index in [-0.39, 0.29) is 0 Å². The van der Waals surface area contributed by atoms with Gasteiger partial charge in [-0.3, -0.25) is 0 Å². The molecule has 1 heterocycles. The molecule has 4 heteroatoms. The van der Waals surface area contributed by atoms with Crippen LogP contribution in [-0.4, -0.2) is 19.1 Å². The number of benzene rings is 1. The molecule has 1 saturated heterocycles. The lowest BCUT2D eigenvalue weighted by Crippen LogP contribution is -2.24. The molecule has 90 valence electrons. The molecule has 0 radical (unpaired) electrons. The molecule has 0 spiro atoms.